The third-order valence-corrected chi connectivity index (χ3v) is 15.6. The standard InChI is InChI=1S/C69H46N2O2/c1-69(2)57-21-6-5-20-51(57)52-35-32-48(40-58(52)69)68-54-37-34-49(70-59-22-7-11-26-63(59)72-64-27-12-8-23-60(64)70)41-55(54)67(47-19-15-18-45(39-47)46-31-30-43-16-3-4-17-44(43)38-46)53-36-33-50(42-56(53)68)71-61-24-9-13-28-65(61)73-66-29-14-10-25-62(66)71/h3-42H,1-2H3. The molecule has 12 aromatic rings. The van der Waals surface area contributed by atoms with Crippen molar-refractivity contribution >= 4 is 66.4 Å². The molecule has 3 aliphatic rings. The summed E-state index contributed by atoms with van der Waals surface area (Å²) in [5.41, 5.74) is 18.3. The van der Waals surface area contributed by atoms with Gasteiger partial charge in [-0.05, 0) is 179 Å². The van der Waals surface area contributed by atoms with Crippen LogP contribution in [0.4, 0.5) is 34.1 Å². The average molecular weight is 935 g/mol. The Bertz CT molecular complexity index is 4190. The summed E-state index contributed by atoms with van der Waals surface area (Å²) < 4.78 is 13.1. The van der Waals surface area contributed by atoms with Gasteiger partial charge in [0, 0.05) is 16.8 Å². The van der Waals surface area contributed by atoms with E-state index >= 15 is 0 Å². The molecule has 2 heterocycles. The zero-order valence-electron chi connectivity index (χ0n) is 40.3. The predicted octanol–water partition coefficient (Wildman–Crippen LogP) is 19.6. The highest BCUT2D eigenvalue weighted by Gasteiger charge is 2.36. The maximum Gasteiger partial charge on any atom is 0.151 e. The van der Waals surface area contributed by atoms with Crippen LogP contribution in [-0.4, -0.2) is 0 Å². The van der Waals surface area contributed by atoms with Crippen molar-refractivity contribution in [3.8, 4) is 67.5 Å². The molecule has 0 radical (unpaired) electrons. The molecule has 73 heavy (non-hydrogen) atoms. The van der Waals surface area contributed by atoms with Crippen LogP contribution in [0.25, 0.3) is 76.8 Å². The van der Waals surface area contributed by atoms with Gasteiger partial charge in [-0.3, -0.25) is 0 Å². The van der Waals surface area contributed by atoms with Crippen LogP contribution in [-0.2, 0) is 5.41 Å². The summed E-state index contributed by atoms with van der Waals surface area (Å²) in [6, 6.07) is 88.3. The second-order valence-corrected chi connectivity index (χ2v) is 20.0. The molecule has 0 fully saturated rings. The van der Waals surface area contributed by atoms with Crippen LogP contribution in [0.15, 0.2) is 243 Å². The number of hydrogen-bond acceptors (Lipinski definition) is 4. The largest absolute Gasteiger partial charge is 0.453 e. The smallest absolute Gasteiger partial charge is 0.151 e. The molecule has 0 aromatic heterocycles. The number of fused-ring (bicyclic) bond motifs is 10. The molecule has 0 unspecified atom stereocenters. The minimum Gasteiger partial charge on any atom is -0.453 e. The predicted molar refractivity (Wildman–Crippen MR) is 302 cm³/mol. The summed E-state index contributed by atoms with van der Waals surface area (Å²) in [6.07, 6.45) is 0. The molecule has 4 heteroatoms. The lowest BCUT2D eigenvalue weighted by Crippen LogP contribution is -2.16. The second-order valence-electron chi connectivity index (χ2n) is 20.0. The Morgan fingerprint density at radius 1 is 0.301 bits per heavy atom. The molecule has 0 spiro atoms. The SMILES string of the molecule is CC1(C)c2ccccc2-c2ccc(-c3c4ccc(N5c6ccccc6Oc6ccccc65)cc4c(-c4cccc(-c5ccc6ccccc6c5)c4)c4ccc(N5c6ccccc6Oc6ccccc65)cc34)cc21. The zero-order valence-corrected chi connectivity index (χ0v) is 40.3. The Hall–Kier alpha value is -9.38. The monoisotopic (exact) mass is 934 g/mol. The molecular weight excluding hydrogens is 889 g/mol. The van der Waals surface area contributed by atoms with E-state index in [-0.39, 0.29) is 5.41 Å². The Labute approximate surface area is 424 Å². The topological polar surface area (TPSA) is 24.9 Å². The first kappa shape index (κ1) is 41.4. The molecule has 4 nitrogen and oxygen atoms in total. The van der Waals surface area contributed by atoms with E-state index in [9.17, 15) is 0 Å². The van der Waals surface area contributed by atoms with Crippen LogP contribution in [0, 0.1) is 0 Å². The lowest BCUT2D eigenvalue weighted by atomic mass is 9.80. The number of rotatable bonds is 5. The van der Waals surface area contributed by atoms with Crippen molar-refractivity contribution < 1.29 is 9.47 Å². The molecule has 0 N–H and O–H groups in total. The van der Waals surface area contributed by atoms with Crippen LogP contribution in [0.3, 0.4) is 0 Å². The first-order valence-electron chi connectivity index (χ1n) is 25.1. The van der Waals surface area contributed by atoms with Crippen LogP contribution < -0.4 is 19.3 Å². The molecule has 0 saturated heterocycles. The van der Waals surface area contributed by atoms with Gasteiger partial charge in [0.25, 0.3) is 0 Å². The van der Waals surface area contributed by atoms with Crippen LogP contribution >= 0.6 is 0 Å². The summed E-state index contributed by atoms with van der Waals surface area (Å²) in [5.74, 6) is 3.30. The van der Waals surface area contributed by atoms with E-state index in [0.29, 0.717) is 0 Å². The number of anilines is 6. The van der Waals surface area contributed by atoms with Gasteiger partial charge in [0.15, 0.2) is 23.0 Å². The highest BCUT2D eigenvalue weighted by atomic mass is 16.5. The number of nitrogens with zero attached hydrogens (tertiary/aromatic N) is 2. The minimum absolute atomic E-state index is 0.187. The van der Waals surface area contributed by atoms with Gasteiger partial charge in [-0.25, -0.2) is 0 Å². The van der Waals surface area contributed by atoms with E-state index in [1.807, 2.05) is 24.3 Å². The van der Waals surface area contributed by atoms with Crippen LogP contribution in [0.2, 0.25) is 0 Å². The van der Waals surface area contributed by atoms with E-state index in [1.165, 1.54) is 77.0 Å². The van der Waals surface area contributed by atoms with Gasteiger partial charge in [0.05, 0.1) is 22.7 Å². The number of para-hydroxylation sites is 8. The lowest BCUT2D eigenvalue weighted by Gasteiger charge is -2.33. The Balaban J connectivity index is 1.05. The quantitative estimate of drug-likeness (QED) is 0.161. The maximum atomic E-state index is 6.56. The third-order valence-electron chi connectivity index (χ3n) is 15.6. The van der Waals surface area contributed by atoms with Gasteiger partial charge in [-0.2, -0.15) is 0 Å². The van der Waals surface area contributed by atoms with E-state index in [1.54, 1.807) is 0 Å². The van der Waals surface area contributed by atoms with Crippen LogP contribution in [0.5, 0.6) is 23.0 Å². The van der Waals surface area contributed by atoms with Gasteiger partial charge in [-0.1, -0.05) is 166 Å². The minimum atomic E-state index is -0.187. The fourth-order valence-electron chi connectivity index (χ4n) is 12.2. The average Bonchev–Trinajstić information content (AvgIpc) is 3.67. The van der Waals surface area contributed by atoms with Crippen molar-refractivity contribution in [2.45, 2.75) is 19.3 Å². The van der Waals surface area contributed by atoms with Gasteiger partial charge in [0.2, 0.25) is 0 Å². The highest BCUT2D eigenvalue weighted by molar-refractivity contribution is 6.23. The molecule has 2 aliphatic heterocycles. The molecule has 15 rings (SSSR count). The van der Waals surface area contributed by atoms with Crippen molar-refractivity contribution in [1.29, 1.82) is 0 Å². The lowest BCUT2D eigenvalue weighted by molar-refractivity contribution is 0.477. The van der Waals surface area contributed by atoms with E-state index < -0.39 is 0 Å². The van der Waals surface area contributed by atoms with E-state index in [0.717, 1.165) is 68.1 Å². The second kappa shape index (κ2) is 15.8. The number of ether oxygens (including phenoxy) is 2. The number of hydrogen-bond donors (Lipinski definition) is 0. The Morgan fingerprint density at radius 2 is 0.753 bits per heavy atom. The van der Waals surface area contributed by atoms with E-state index in [2.05, 4.69) is 242 Å². The molecule has 0 bridgehead atoms. The normalized spacial score (nSPS) is 13.6. The number of benzene rings is 12. The summed E-state index contributed by atoms with van der Waals surface area (Å²) in [6.45, 7) is 4.75. The molecule has 12 aromatic carbocycles. The third kappa shape index (κ3) is 6.33. The van der Waals surface area contributed by atoms with Crippen molar-refractivity contribution in [3.05, 3.63) is 254 Å². The first-order chi connectivity index (χ1) is 35.9. The summed E-state index contributed by atoms with van der Waals surface area (Å²) in [4.78, 5) is 4.72. The molecular formula is C69H46N2O2. The molecule has 0 saturated carbocycles. The summed E-state index contributed by atoms with van der Waals surface area (Å²) in [7, 11) is 0. The fraction of sp³-hybridized carbons (Fsp3) is 0.0435. The van der Waals surface area contributed by atoms with Crippen molar-refractivity contribution in [2.24, 2.45) is 0 Å². The van der Waals surface area contributed by atoms with Gasteiger partial charge >= 0.3 is 0 Å². The molecule has 0 atom stereocenters. The molecule has 0 amide bonds. The maximum absolute atomic E-state index is 6.56. The Morgan fingerprint density at radius 3 is 1.34 bits per heavy atom. The van der Waals surface area contributed by atoms with Crippen molar-refractivity contribution in [3.63, 3.8) is 0 Å². The fourth-order valence-corrected chi connectivity index (χ4v) is 12.2. The van der Waals surface area contributed by atoms with E-state index in [4.69, 9.17) is 9.47 Å². The summed E-state index contributed by atoms with van der Waals surface area (Å²) in [5, 5.41) is 7.12. The van der Waals surface area contributed by atoms with Gasteiger partial charge < -0.3 is 19.3 Å². The highest BCUT2D eigenvalue weighted by Crippen LogP contribution is 2.56. The molecule has 344 valence electrons. The first-order valence-corrected chi connectivity index (χ1v) is 25.1. The van der Waals surface area contributed by atoms with Gasteiger partial charge in [-0.15, -0.1) is 0 Å². The molecule has 1 aliphatic carbocycles. The van der Waals surface area contributed by atoms with Crippen molar-refractivity contribution in [2.75, 3.05) is 9.80 Å². The van der Waals surface area contributed by atoms with Gasteiger partial charge in [0.1, 0.15) is 0 Å². The zero-order chi connectivity index (χ0) is 48.4. The van der Waals surface area contributed by atoms with Crippen LogP contribution in [0.1, 0.15) is 25.0 Å². The summed E-state index contributed by atoms with van der Waals surface area (Å²) >= 11 is 0. The Kier molecular flexibility index (Phi) is 8.97. The van der Waals surface area contributed by atoms with Crippen molar-refractivity contribution in [1.82, 2.24) is 0 Å².